The molecule has 1 atom stereocenters. The third-order valence-electron chi connectivity index (χ3n) is 4.24. The van der Waals surface area contributed by atoms with Gasteiger partial charge >= 0.3 is 0 Å². The van der Waals surface area contributed by atoms with E-state index >= 15 is 0 Å². The Morgan fingerprint density at radius 3 is 3.00 bits per heavy atom. The molecule has 2 aromatic rings. The molecule has 0 amide bonds. The van der Waals surface area contributed by atoms with Gasteiger partial charge in [-0.25, -0.2) is 0 Å². The SMILES string of the molecule is C1=CCC(CNCCCn2ccc3ccccc32)CC1. The minimum Gasteiger partial charge on any atom is -0.347 e. The van der Waals surface area contributed by atoms with Crippen LogP contribution in [-0.4, -0.2) is 17.7 Å². The van der Waals surface area contributed by atoms with E-state index in [1.54, 1.807) is 0 Å². The number of aryl methyl sites for hydroxylation is 1. The Morgan fingerprint density at radius 2 is 2.10 bits per heavy atom. The zero-order valence-corrected chi connectivity index (χ0v) is 12.1. The van der Waals surface area contributed by atoms with Crippen LogP contribution in [0.15, 0.2) is 48.7 Å². The maximum absolute atomic E-state index is 3.62. The van der Waals surface area contributed by atoms with Crippen LogP contribution in [0.5, 0.6) is 0 Å². The van der Waals surface area contributed by atoms with Gasteiger partial charge in [0, 0.05) is 18.3 Å². The maximum atomic E-state index is 3.62. The molecule has 0 spiro atoms. The summed E-state index contributed by atoms with van der Waals surface area (Å²) < 4.78 is 2.36. The monoisotopic (exact) mass is 268 g/mol. The van der Waals surface area contributed by atoms with Crippen molar-refractivity contribution < 1.29 is 0 Å². The molecular weight excluding hydrogens is 244 g/mol. The van der Waals surface area contributed by atoms with E-state index < -0.39 is 0 Å². The second-order valence-corrected chi connectivity index (χ2v) is 5.78. The summed E-state index contributed by atoms with van der Waals surface area (Å²) in [5.74, 6) is 0.854. The lowest BCUT2D eigenvalue weighted by Gasteiger charge is -2.18. The van der Waals surface area contributed by atoms with Gasteiger partial charge in [0.05, 0.1) is 0 Å². The molecule has 20 heavy (non-hydrogen) atoms. The fourth-order valence-corrected chi connectivity index (χ4v) is 3.06. The zero-order valence-electron chi connectivity index (χ0n) is 12.1. The normalized spacial score (nSPS) is 18.7. The predicted molar refractivity (Wildman–Crippen MR) is 85.9 cm³/mol. The molecule has 1 N–H and O–H groups in total. The van der Waals surface area contributed by atoms with Gasteiger partial charge < -0.3 is 9.88 Å². The van der Waals surface area contributed by atoms with Crippen molar-refractivity contribution in [2.24, 2.45) is 5.92 Å². The highest BCUT2D eigenvalue weighted by molar-refractivity contribution is 5.79. The molecule has 0 fully saturated rings. The Hall–Kier alpha value is -1.54. The lowest BCUT2D eigenvalue weighted by atomic mass is 9.94. The molecule has 0 saturated carbocycles. The summed E-state index contributed by atoms with van der Waals surface area (Å²) in [5.41, 5.74) is 1.35. The topological polar surface area (TPSA) is 17.0 Å². The number of hydrogen-bond acceptors (Lipinski definition) is 1. The van der Waals surface area contributed by atoms with Gasteiger partial charge in [0.25, 0.3) is 0 Å². The van der Waals surface area contributed by atoms with Crippen molar-refractivity contribution in [1.29, 1.82) is 0 Å². The van der Waals surface area contributed by atoms with E-state index in [0.717, 1.165) is 19.0 Å². The van der Waals surface area contributed by atoms with Gasteiger partial charge in [-0.1, -0.05) is 30.4 Å². The molecule has 2 nitrogen and oxygen atoms in total. The fourth-order valence-electron chi connectivity index (χ4n) is 3.06. The van der Waals surface area contributed by atoms with Crippen molar-refractivity contribution >= 4 is 10.9 Å². The van der Waals surface area contributed by atoms with Gasteiger partial charge in [-0.05, 0) is 62.2 Å². The Kier molecular flexibility index (Phi) is 4.54. The Balaban J connectivity index is 1.40. The first-order chi connectivity index (χ1) is 9.93. The predicted octanol–water partition coefficient (Wildman–Crippen LogP) is 3.98. The van der Waals surface area contributed by atoms with Crippen molar-refractivity contribution in [2.45, 2.75) is 32.2 Å². The number of aromatic nitrogens is 1. The fraction of sp³-hybridized carbons (Fsp3) is 0.444. The molecule has 1 aliphatic carbocycles. The number of rotatable bonds is 6. The van der Waals surface area contributed by atoms with Crippen molar-refractivity contribution in [1.82, 2.24) is 9.88 Å². The van der Waals surface area contributed by atoms with E-state index in [9.17, 15) is 0 Å². The summed E-state index contributed by atoms with van der Waals surface area (Å²) in [4.78, 5) is 0. The molecule has 1 aliphatic rings. The summed E-state index contributed by atoms with van der Waals surface area (Å²) in [5, 5.41) is 4.96. The van der Waals surface area contributed by atoms with Crippen molar-refractivity contribution in [3.63, 3.8) is 0 Å². The Labute approximate surface area is 121 Å². The van der Waals surface area contributed by atoms with Gasteiger partial charge in [-0.2, -0.15) is 0 Å². The van der Waals surface area contributed by atoms with Crippen LogP contribution in [0.3, 0.4) is 0 Å². The van der Waals surface area contributed by atoms with E-state index in [1.165, 1.54) is 43.1 Å². The summed E-state index contributed by atoms with van der Waals surface area (Å²) in [7, 11) is 0. The van der Waals surface area contributed by atoms with E-state index in [1.807, 2.05) is 0 Å². The van der Waals surface area contributed by atoms with Gasteiger partial charge in [-0.15, -0.1) is 0 Å². The molecule has 1 unspecified atom stereocenters. The molecule has 1 aromatic carbocycles. The number of fused-ring (bicyclic) bond motifs is 1. The third kappa shape index (κ3) is 3.31. The van der Waals surface area contributed by atoms with E-state index in [2.05, 4.69) is 58.6 Å². The first kappa shape index (κ1) is 13.4. The molecule has 2 heteroatoms. The molecule has 3 rings (SSSR count). The first-order valence-electron chi connectivity index (χ1n) is 7.83. The minimum atomic E-state index is 0.854. The number of nitrogens with zero attached hydrogens (tertiary/aromatic N) is 1. The van der Waals surface area contributed by atoms with Crippen LogP contribution in [0.1, 0.15) is 25.7 Å². The average molecular weight is 268 g/mol. The lowest BCUT2D eigenvalue weighted by molar-refractivity contribution is 0.435. The van der Waals surface area contributed by atoms with Crippen molar-refractivity contribution in [2.75, 3.05) is 13.1 Å². The molecule has 1 aromatic heterocycles. The second kappa shape index (κ2) is 6.76. The molecule has 0 bridgehead atoms. The van der Waals surface area contributed by atoms with Gasteiger partial charge in [0.1, 0.15) is 0 Å². The van der Waals surface area contributed by atoms with Crippen LogP contribution in [0.4, 0.5) is 0 Å². The largest absolute Gasteiger partial charge is 0.347 e. The molecule has 0 radical (unpaired) electrons. The number of para-hydroxylation sites is 1. The van der Waals surface area contributed by atoms with Gasteiger partial charge in [0.2, 0.25) is 0 Å². The summed E-state index contributed by atoms with van der Waals surface area (Å²) >= 11 is 0. The molecule has 106 valence electrons. The minimum absolute atomic E-state index is 0.854. The summed E-state index contributed by atoms with van der Waals surface area (Å²) in [6, 6.07) is 10.8. The van der Waals surface area contributed by atoms with E-state index in [4.69, 9.17) is 0 Å². The number of nitrogens with one attached hydrogen (secondary N) is 1. The van der Waals surface area contributed by atoms with Crippen molar-refractivity contribution in [3.05, 3.63) is 48.7 Å². The van der Waals surface area contributed by atoms with Crippen LogP contribution >= 0.6 is 0 Å². The van der Waals surface area contributed by atoms with Crippen LogP contribution in [0.25, 0.3) is 10.9 Å². The molecule has 1 heterocycles. The second-order valence-electron chi connectivity index (χ2n) is 5.78. The zero-order chi connectivity index (χ0) is 13.6. The number of benzene rings is 1. The standard InChI is InChI=1S/C18H24N2/c1-2-7-16(8-3-1)15-19-12-6-13-20-14-11-17-9-4-5-10-18(17)20/h1-2,4-5,9-11,14,16,19H,3,6-8,12-13,15H2. The number of allylic oxidation sites excluding steroid dienone is 2. The van der Waals surface area contributed by atoms with Gasteiger partial charge in [-0.3, -0.25) is 0 Å². The average Bonchev–Trinajstić information content (AvgIpc) is 2.91. The Morgan fingerprint density at radius 1 is 1.15 bits per heavy atom. The van der Waals surface area contributed by atoms with E-state index in [-0.39, 0.29) is 0 Å². The highest BCUT2D eigenvalue weighted by Crippen LogP contribution is 2.17. The number of hydrogen-bond donors (Lipinski definition) is 1. The smallest absolute Gasteiger partial charge is 0.0480 e. The third-order valence-corrected chi connectivity index (χ3v) is 4.24. The Bertz CT molecular complexity index is 568. The highest BCUT2D eigenvalue weighted by atomic mass is 15.0. The van der Waals surface area contributed by atoms with E-state index in [0.29, 0.717) is 0 Å². The van der Waals surface area contributed by atoms with Crippen LogP contribution in [-0.2, 0) is 6.54 Å². The molecule has 0 aliphatic heterocycles. The van der Waals surface area contributed by atoms with Crippen LogP contribution in [0, 0.1) is 5.92 Å². The molecule has 0 saturated heterocycles. The van der Waals surface area contributed by atoms with Crippen molar-refractivity contribution in [3.8, 4) is 0 Å². The first-order valence-corrected chi connectivity index (χ1v) is 7.83. The quantitative estimate of drug-likeness (QED) is 0.619. The summed E-state index contributed by atoms with van der Waals surface area (Å²) in [6.45, 7) is 3.40. The lowest BCUT2D eigenvalue weighted by Crippen LogP contribution is -2.25. The van der Waals surface area contributed by atoms with Crippen LogP contribution in [0.2, 0.25) is 0 Å². The van der Waals surface area contributed by atoms with Crippen LogP contribution < -0.4 is 5.32 Å². The van der Waals surface area contributed by atoms with Gasteiger partial charge in [0.15, 0.2) is 0 Å². The summed E-state index contributed by atoms with van der Waals surface area (Å²) in [6.07, 6.45) is 11.9. The molecular formula is C18H24N2. The highest BCUT2D eigenvalue weighted by Gasteiger charge is 2.08. The maximum Gasteiger partial charge on any atom is 0.0480 e.